The highest BCUT2D eigenvalue weighted by atomic mass is 32.2. The van der Waals surface area contributed by atoms with E-state index in [2.05, 4.69) is 37.3 Å². The Hall–Kier alpha value is 0.0500. The van der Waals surface area contributed by atoms with Crippen molar-refractivity contribution in [3.63, 3.8) is 0 Å². The largest absolute Gasteiger partial charge is 0.309 e. The summed E-state index contributed by atoms with van der Waals surface area (Å²) < 4.78 is 0. The molecule has 0 amide bonds. The van der Waals surface area contributed by atoms with Crippen LogP contribution >= 0.6 is 11.8 Å². The van der Waals surface area contributed by atoms with Crippen LogP contribution in [0.4, 0.5) is 0 Å². The van der Waals surface area contributed by atoms with Gasteiger partial charge in [0.2, 0.25) is 0 Å². The van der Waals surface area contributed by atoms with Crippen LogP contribution in [0.2, 0.25) is 0 Å². The lowest BCUT2D eigenvalue weighted by molar-refractivity contribution is 0.362. The summed E-state index contributed by atoms with van der Waals surface area (Å²) in [6, 6.07) is 0. The average molecular weight is 171 g/mol. The van der Waals surface area contributed by atoms with Gasteiger partial charge in [-0.3, -0.25) is 0 Å². The molecule has 0 aromatic rings. The summed E-state index contributed by atoms with van der Waals surface area (Å²) in [5, 5.41) is 0. The van der Waals surface area contributed by atoms with Crippen LogP contribution in [0.3, 0.4) is 0 Å². The summed E-state index contributed by atoms with van der Waals surface area (Å²) in [6.45, 7) is 5.28. The number of nitrogens with zero attached hydrogens (tertiary/aromatic N) is 1. The average Bonchev–Trinajstić information content (AvgIpc) is 1.93. The van der Waals surface area contributed by atoms with E-state index < -0.39 is 0 Å². The van der Waals surface area contributed by atoms with Crippen molar-refractivity contribution in [2.24, 2.45) is 5.92 Å². The minimum Gasteiger partial charge on any atom is -0.309 e. The highest BCUT2D eigenvalue weighted by Crippen LogP contribution is 2.26. The molecule has 1 aliphatic heterocycles. The summed E-state index contributed by atoms with van der Waals surface area (Å²) in [6.07, 6.45) is 1.23. The lowest BCUT2D eigenvalue weighted by atomic mass is 9.99. The van der Waals surface area contributed by atoms with Gasteiger partial charge in [-0.2, -0.15) is 11.8 Å². The van der Waals surface area contributed by atoms with Gasteiger partial charge in [-0.05, 0) is 26.3 Å². The van der Waals surface area contributed by atoms with Gasteiger partial charge in [0, 0.05) is 18.2 Å². The Balaban J connectivity index is 2.36. The van der Waals surface area contributed by atoms with E-state index in [-0.39, 0.29) is 0 Å². The molecule has 64 valence electrons. The van der Waals surface area contributed by atoms with Gasteiger partial charge in [-0.1, -0.05) is 12.2 Å². The predicted octanol–water partition coefficient (Wildman–Crippen LogP) is 1.86. The molecule has 0 spiro atoms. The fourth-order valence-corrected chi connectivity index (χ4v) is 2.57. The second-order valence-corrected chi connectivity index (χ2v) is 4.59. The molecule has 0 aromatic carbocycles. The van der Waals surface area contributed by atoms with E-state index >= 15 is 0 Å². The molecule has 0 saturated carbocycles. The van der Waals surface area contributed by atoms with Crippen LogP contribution < -0.4 is 0 Å². The van der Waals surface area contributed by atoms with Crippen LogP contribution in [-0.4, -0.2) is 37.0 Å². The van der Waals surface area contributed by atoms with E-state index in [1.165, 1.54) is 30.0 Å². The van der Waals surface area contributed by atoms with Gasteiger partial charge in [0.15, 0.2) is 0 Å². The molecule has 1 heterocycles. The molecule has 0 aliphatic carbocycles. The summed E-state index contributed by atoms with van der Waals surface area (Å²) in [7, 11) is 4.26. The number of rotatable bonds is 2. The zero-order valence-electron chi connectivity index (χ0n) is 7.47. The molecule has 1 saturated heterocycles. The van der Waals surface area contributed by atoms with E-state index in [1.54, 1.807) is 0 Å². The maximum atomic E-state index is 4.11. The molecule has 1 nitrogen and oxygen atoms in total. The van der Waals surface area contributed by atoms with Crippen molar-refractivity contribution in [2.45, 2.75) is 6.42 Å². The number of hydrogen-bond donors (Lipinski definition) is 0. The summed E-state index contributed by atoms with van der Waals surface area (Å²) in [5.74, 6) is 3.29. The maximum Gasteiger partial charge on any atom is 0.00488 e. The van der Waals surface area contributed by atoms with E-state index in [1.807, 2.05) is 0 Å². The minimum absolute atomic E-state index is 0.740. The topological polar surface area (TPSA) is 3.24 Å². The third kappa shape index (κ3) is 2.88. The van der Waals surface area contributed by atoms with Gasteiger partial charge in [0.05, 0.1) is 0 Å². The second kappa shape index (κ2) is 4.17. The Morgan fingerprint density at radius 3 is 2.91 bits per heavy atom. The lowest BCUT2D eigenvalue weighted by Crippen LogP contribution is -2.26. The minimum atomic E-state index is 0.740. The summed E-state index contributed by atoms with van der Waals surface area (Å²) in [5.41, 5.74) is 1.46. The molecule has 0 N–H and O–H groups in total. The van der Waals surface area contributed by atoms with Crippen molar-refractivity contribution in [3.05, 3.63) is 12.2 Å². The second-order valence-electron chi connectivity index (χ2n) is 3.44. The van der Waals surface area contributed by atoms with Crippen molar-refractivity contribution >= 4 is 11.8 Å². The smallest absolute Gasteiger partial charge is 0.00488 e. The van der Waals surface area contributed by atoms with Gasteiger partial charge >= 0.3 is 0 Å². The van der Waals surface area contributed by atoms with Crippen molar-refractivity contribution in [1.82, 2.24) is 4.90 Å². The number of hydrogen-bond acceptors (Lipinski definition) is 2. The van der Waals surface area contributed by atoms with Crippen LogP contribution in [-0.2, 0) is 0 Å². The fourth-order valence-electron chi connectivity index (χ4n) is 1.37. The van der Waals surface area contributed by atoms with Gasteiger partial charge in [0.25, 0.3) is 0 Å². The normalized spacial score (nSPS) is 26.1. The molecule has 11 heavy (non-hydrogen) atoms. The summed E-state index contributed by atoms with van der Waals surface area (Å²) >= 11 is 2.06. The number of thioether (sulfide) groups is 1. The monoisotopic (exact) mass is 171 g/mol. The molecule has 1 rings (SSSR count). The van der Waals surface area contributed by atoms with Crippen LogP contribution in [0.1, 0.15) is 6.42 Å². The first-order chi connectivity index (χ1) is 5.20. The standard InChI is InChI=1S/C9H17NS/c1-8-4-5-11-7-9(8)6-10(2)3/h9H,1,4-7H2,2-3H3. The van der Waals surface area contributed by atoms with E-state index in [0.717, 1.165) is 5.92 Å². The van der Waals surface area contributed by atoms with E-state index in [4.69, 9.17) is 0 Å². The molecular formula is C9H17NS. The third-order valence-electron chi connectivity index (χ3n) is 2.05. The molecule has 0 bridgehead atoms. The van der Waals surface area contributed by atoms with Gasteiger partial charge in [-0.25, -0.2) is 0 Å². The molecule has 0 aromatic heterocycles. The molecule has 1 atom stereocenters. The zero-order chi connectivity index (χ0) is 8.27. The lowest BCUT2D eigenvalue weighted by Gasteiger charge is -2.26. The molecule has 0 radical (unpaired) electrons. The fraction of sp³-hybridized carbons (Fsp3) is 0.778. The molecule has 1 fully saturated rings. The van der Waals surface area contributed by atoms with Crippen molar-refractivity contribution in [3.8, 4) is 0 Å². The molecule has 2 heteroatoms. The van der Waals surface area contributed by atoms with Gasteiger partial charge in [-0.15, -0.1) is 0 Å². The van der Waals surface area contributed by atoms with Crippen LogP contribution in [0, 0.1) is 5.92 Å². The van der Waals surface area contributed by atoms with Crippen LogP contribution in [0.15, 0.2) is 12.2 Å². The molecule has 1 unspecified atom stereocenters. The molecule has 1 aliphatic rings. The third-order valence-corrected chi connectivity index (χ3v) is 3.18. The predicted molar refractivity (Wildman–Crippen MR) is 53.1 cm³/mol. The van der Waals surface area contributed by atoms with Crippen LogP contribution in [0.25, 0.3) is 0 Å². The first-order valence-corrected chi connectivity index (χ1v) is 5.25. The Morgan fingerprint density at radius 2 is 2.36 bits per heavy atom. The Kier molecular flexibility index (Phi) is 3.46. The summed E-state index contributed by atoms with van der Waals surface area (Å²) in [4.78, 5) is 2.25. The highest BCUT2D eigenvalue weighted by Gasteiger charge is 2.17. The SMILES string of the molecule is C=C1CCSCC1CN(C)C. The van der Waals surface area contributed by atoms with Crippen molar-refractivity contribution in [1.29, 1.82) is 0 Å². The van der Waals surface area contributed by atoms with E-state index in [9.17, 15) is 0 Å². The quantitative estimate of drug-likeness (QED) is 0.583. The van der Waals surface area contributed by atoms with E-state index in [0.29, 0.717) is 0 Å². The first-order valence-electron chi connectivity index (χ1n) is 4.10. The zero-order valence-corrected chi connectivity index (χ0v) is 8.28. The highest BCUT2D eigenvalue weighted by molar-refractivity contribution is 7.99. The van der Waals surface area contributed by atoms with Gasteiger partial charge < -0.3 is 4.90 Å². The molecular weight excluding hydrogens is 154 g/mol. The van der Waals surface area contributed by atoms with Crippen molar-refractivity contribution in [2.75, 3.05) is 32.1 Å². The maximum absolute atomic E-state index is 4.11. The Labute approximate surface area is 73.8 Å². The van der Waals surface area contributed by atoms with Gasteiger partial charge in [0.1, 0.15) is 0 Å². The Morgan fingerprint density at radius 1 is 1.64 bits per heavy atom. The van der Waals surface area contributed by atoms with Crippen molar-refractivity contribution < 1.29 is 0 Å². The van der Waals surface area contributed by atoms with Crippen LogP contribution in [0.5, 0.6) is 0 Å². The Bertz CT molecular complexity index is 142. The first kappa shape index (κ1) is 9.14.